The summed E-state index contributed by atoms with van der Waals surface area (Å²) < 4.78 is 13.4. The molecule has 0 aromatic heterocycles. The van der Waals surface area contributed by atoms with Crippen LogP contribution in [0.3, 0.4) is 0 Å². The molecule has 1 unspecified atom stereocenters. The molecular weight excluding hydrogens is 227 g/mol. The molecule has 5 heteroatoms. The number of nitrogens with one attached hydrogen (secondary N) is 1. The first-order chi connectivity index (χ1) is 7.50. The molecule has 0 aliphatic heterocycles. The van der Waals surface area contributed by atoms with Gasteiger partial charge >= 0.3 is 0 Å². The second-order valence-electron chi connectivity index (χ2n) is 3.45. The van der Waals surface area contributed by atoms with E-state index in [-0.39, 0.29) is 23.1 Å². The number of benzene rings is 1. The highest BCUT2D eigenvalue weighted by molar-refractivity contribution is 7.80. The van der Waals surface area contributed by atoms with Gasteiger partial charge in [0.05, 0.1) is 17.5 Å². The van der Waals surface area contributed by atoms with Gasteiger partial charge in [-0.1, -0.05) is 30.4 Å². The summed E-state index contributed by atoms with van der Waals surface area (Å²) in [5.41, 5.74) is 5.68. The van der Waals surface area contributed by atoms with E-state index in [4.69, 9.17) is 5.73 Å². The van der Waals surface area contributed by atoms with Crippen LogP contribution in [0.4, 0.5) is 4.39 Å². The van der Waals surface area contributed by atoms with Gasteiger partial charge in [0.1, 0.15) is 5.82 Å². The van der Waals surface area contributed by atoms with E-state index in [9.17, 15) is 9.18 Å². The Hall–Kier alpha value is -1.49. The minimum atomic E-state index is -0.400. The summed E-state index contributed by atoms with van der Waals surface area (Å²) in [6.45, 7) is 1.70. The molecule has 1 atom stereocenters. The van der Waals surface area contributed by atoms with Crippen molar-refractivity contribution in [3.63, 3.8) is 0 Å². The molecule has 0 radical (unpaired) electrons. The third-order valence-electron chi connectivity index (χ3n) is 2.08. The molecule has 0 fully saturated rings. The summed E-state index contributed by atoms with van der Waals surface area (Å²) in [6, 6.07) is 5.90. The van der Waals surface area contributed by atoms with Crippen molar-refractivity contribution in [2.75, 3.05) is 0 Å². The maximum atomic E-state index is 13.4. The van der Waals surface area contributed by atoms with Crippen molar-refractivity contribution in [1.29, 1.82) is 0 Å². The van der Waals surface area contributed by atoms with Crippen LogP contribution in [0.2, 0.25) is 0 Å². The highest BCUT2D eigenvalue weighted by Gasteiger charge is 2.13. The Kier molecular flexibility index (Phi) is 4.37. The van der Waals surface area contributed by atoms with E-state index >= 15 is 0 Å². The zero-order chi connectivity index (χ0) is 12.1. The van der Waals surface area contributed by atoms with E-state index in [0.29, 0.717) is 5.56 Å². The van der Waals surface area contributed by atoms with Gasteiger partial charge in [0.15, 0.2) is 0 Å². The first kappa shape index (κ1) is 12.6. The van der Waals surface area contributed by atoms with Crippen molar-refractivity contribution >= 4 is 23.1 Å². The predicted molar refractivity (Wildman–Crippen MR) is 64.4 cm³/mol. The quantitative estimate of drug-likeness (QED) is 0.787. The fourth-order valence-electron chi connectivity index (χ4n) is 1.35. The number of carbonyl (C=O) groups excluding carboxylic acids is 1. The van der Waals surface area contributed by atoms with Gasteiger partial charge in [-0.05, 0) is 13.0 Å². The van der Waals surface area contributed by atoms with Crippen molar-refractivity contribution in [1.82, 2.24) is 5.32 Å². The number of hydrogen-bond acceptors (Lipinski definition) is 2. The van der Waals surface area contributed by atoms with Crippen molar-refractivity contribution in [3.8, 4) is 0 Å². The van der Waals surface area contributed by atoms with Gasteiger partial charge in [-0.3, -0.25) is 4.79 Å². The van der Waals surface area contributed by atoms with Gasteiger partial charge in [-0.2, -0.15) is 0 Å². The predicted octanol–water partition coefficient (Wildman–Crippen LogP) is 1.68. The summed E-state index contributed by atoms with van der Waals surface area (Å²) in [5, 5.41) is 2.62. The van der Waals surface area contributed by atoms with E-state index in [1.807, 2.05) is 0 Å². The van der Waals surface area contributed by atoms with Crippen LogP contribution < -0.4 is 11.1 Å². The van der Waals surface area contributed by atoms with Crippen molar-refractivity contribution in [3.05, 3.63) is 35.6 Å². The molecule has 1 amide bonds. The number of nitrogens with two attached hydrogens (primary N) is 1. The Labute approximate surface area is 98.8 Å². The molecule has 1 aromatic carbocycles. The fraction of sp³-hybridized carbons (Fsp3) is 0.273. The molecule has 0 saturated carbocycles. The van der Waals surface area contributed by atoms with Crippen molar-refractivity contribution < 1.29 is 9.18 Å². The zero-order valence-corrected chi connectivity index (χ0v) is 9.68. The van der Waals surface area contributed by atoms with Crippen LogP contribution in [0.1, 0.15) is 24.9 Å². The Balaban J connectivity index is 2.66. The zero-order valence-electron chi connectivity index (χ0n) is 8.87. The van der Waals surface area contributed by atoms with Crippen LogP contribution in [-0.4, -0.2) is 10.9 Å². The van der Waals surface area contributed by atoms with Crippen molar-refractivity contribution in [2.45, 2.75) is 19.4 Å². The SMILES string of the molecule is CC(NC(=O)CC(N)=S)c1ccccc1F. The number of hydrogen-bond donors (Lipinski definition) is 2. The minimum Gasteiger partial charge on any atom is -0.393 e. The van der Waals surface area contributed by atoms with Gasteiger partial charge in [-0.25, -0.2) is 4.39 Å². The number of thiocarbonyl (C=S) groups is 1. The largest absolute Gasteiger partial charge is 0.393 e. The molecule has 3 N–H and O–H groups in total. The van der Waals surface area contributed by atoms with Gasteiger partial charge in [0.2, 0.25) is 5.91 Å². The van der Waals surface area contributed by atoms with E-state index in [2.05, 4.69) is 17.5 Å². The second kappa shape index (κ2) is 5.55. The van der Waals surface area contributed by atoms with Gasteiger partial charge in [-0.15, -0.1) is 0 Å². The molecule has 0 heterocycles. The molecule has 0 aliphatic rings. The molecule has 0 saturated heterocycles. The molecule has 86 valence electrons. The van der Waals surface area contributed by atoms with Gasteiger partial charge in [0.25, 0.3) is 0 Å². The topological polar surface area (TPSA) is 55.1 Å². The Morgan fingerprint density at radius 3 is 2.75 bits per heavy atom. The van der Waals surface area contributed by atoms with Crippen LogP contribution in [0.5, 0.6) is 0 Å². The second-order valence-corrected chi connectivity index (χ2v) is 3.98. The first-order valence-electron chi connectivity index (χ1n) is 4.83. The van der Waals surface area contributed by atoms with Crippen LogP contribution in [0, 0.1) is 5.82 Å². The lowest BCUT2D eigenvalue weighted by atomic mass is 10.1. The van der Waals surface area contributed by atoms with Crippen LogP contribution >= 0.6 is 12.2 Å². The maximum Gasteiger partial charge on any atom is 0.227 e. The highest BCUT2D eigenvalue weighted by Crippen LogP contribution is 2.15. The van der Waals surface area contributed by atoms with Crippen LogP contribution in [-0.2, 0) is 4.79 Å². The molecule has 1 aromatic rings. The molecule has 0 bridgehead atoms. The van der Waals surface area contributed by atoms with E-state index < -0.39 is 6.04 Å². The number of halogens is 1. The monoisotopic (exact) mass is 240 g/mol. The summed E-state index contributed by atoms with van der Waals surface area (Å²) in [7, 11) is 0. The Bertz CT molecular complexity index is 409. The van der Waals surface area contributed by atoms with Crippen molar-refractivity contribution in [2.24, 2.45) is 5.73 Å². The average molecular weight is 240 g/mol. The summed E-state index contributed by atoms with van der Waals surface area (Å²) in [6.07, 6.45) is -0.0197. The van der Waals surface area contributed by atoms with Gasteiger partial charge in [0, 0.05) is 5.56 Å². The lowest BCUT2D eigenvalue weighted by Gasteiger charge is -2.14. The average Bonchev–Trinajstić information content (AvgIpc) is 2.16. The third-order valence-corrected chi connectivity index (χ3v) is 2.23. The first-order valence-corrected chi connectivity index (χ1v) is 5.23. The lowest BCUT2D eigenvalue weighted by molar-refractivity contribution is -0.120. The Morgan fingerprint density at radius 2 is 2.19 bits per heavy atom. The number of rotatable bonds is 4. The summed E-state index contributed by atoms with van der Waals surface area (Å²) in [4.78, 5) is 11.5. The smallest absolute Gasteiger partial charge is 0.227 e. The Morgan fingerprint density at radius 1 is 1.56 bits per heavy atom. The molecule has 0 spiro atoms. The molecule has 3 nitrogen and oxygen atoms in total. The maximum absolute atomic E-state index is 13.4. The minimum absolute atomic E-state index is 0.0197. The molecular formula is C11H13FN2OS. The van der Waals surface area contributed by atoms with Crippen LogP contribution in [0.15, 0.2) is 24.3 Å². The summed E-state index contributed by atoms with van der Waals surface area (Å²) in [5.74, 6) is -0.645. The highest BCUT2D eigenvalue weighted by atomic mass is 32.1. The lowest BCUT2D eigenvalue weighted by Crippen LogP contribution is -2.30. The van der Waals surface area contributed by atoms with E-state index in [0.717, 1.165) is 0 Å². The fourth-order valence-corrected chi connectivity index (χ4v) is 1.49. The number of amides is 1. The summed E-state index contributed by atoms with van der Waals surface area (Å²) >= 11 is 4.61. The standard InChI is InChI=1S/C11H13FN2OS/c1-7(14-11(15)6-10(13)16)8-4-2-3-5-9(8)12/h2-5,7H,6H2,1H3,(H2,13,16)(H,14,15). The molecule has 1 rings (SSSR count). The van der Waals surface area contributed by atoms with E-state index in [1.165, 1.54) is 6.07 Å². The van der Waals surface area contributed by atoms with Crippen LogP contribution in [0.25, 0.3) is 0 Å². The molecule has 0 aliphatic carbocycles. The number of carbonyl (C=O) groups is 1. The van der Waals surface area contributed by atoms with Gasteiger partial charge < -0.3 is 11.1 Å². The third kappa shape index (κ3) is 3.58. The normalized spacial score (nSPS) is 11.9. The van der Waals surface area contributed by atoms with E-state index in [1.54, 1.807) is 25.1 Å². The molecule has 16 heavy (non-hydrogen) atoms.